The van der Waals surface area contributed by atoms with Gasteiger partial charge in [-0.25, -0.2) is 0 Å². The van der Waals surface area contributed by atoms with Gasteiger partial charge < -0.3 is 5.11 Å². The minimum absolute atomic E-state index is 0.240. The van der Waals surface area contributed by atoms with Crippen LogP contribution < -0.4 is 5.43 Å². The topological polar surface area (TPSA) is 50.2 Å². The van der Waals surface area contributed by atoms with Gasteiger partial charge in [-0.3, -0.25) is 9.78 Å². The van der Waals surface area contributed by atoms with Crippen LogP contribution in [0.5, 0.6) is 5.75 Å². The van der Waals surface area contributed by atoms with Gasteiger partial charge in [0.2, 0.25) is 5.43 Å². The standard InChI is InChI=1S/C13H11NO2/c1-9-8-14-6-5-11(9)10-3-2-4-12(15)13(16)7-10/h2-8H,1H3,(H,15,16). The van der Waals surface area contributed by atoms with Crippen molar-refractivity contribution in [3.05, 3.63) is 58.5 Å². The summed E-state index contributed by atoms with van der Waals surface area (Å²) in [6.45, 7) is 1.94. The minimum Gasteiger partial charge on any atom is -0.504 e. The molecule has 0 bridgehead atoms. The first kappa shape index (κ1) is 10.4. The summed E-state index contributed by atoms with van der Waals surface area (Å²) in [5.41, 5.74) is 2.39. The molecule has 0 aliphatic rings. The Hall–Kier alpha value is -2.16. The lowest BCUT2D eigenvalue weighted by atomic mass is 10.0. The van der Waals surface area contributed by atoms with E-state index in [4.69, 9.17) is 0 Å². The van der Waals surface area contributed by atoms with E-state index in [0.717, 1.165) is 16.7 Å². The summed E-state index contributed by atoms with van der Waals surface area (Å²) in [6.07, 6.45) is 3.43. The number of aromatic hydroxyl groups is 1. The van der Waals surface area contributed by atoms with Crippen LogP contribution in [0.1, 0.15) is 5.56 Å². The summed E-state index contributed by atoms with van der Waals surface area (Å²) in [7, 11) is 0. The summed E-state index contributed by atoms with van der Waals surface area (Å²) in [5.74, 6) is -0.240. The van der Waals surface area contributed by atoms with Gasteiger partial charge in [0.1, 0.15) is 0 Å². The maximum Gasteiger partial charge on any atom is 0.220 e. The molecule has 1 aromatic heterocycles. The number of aryl methyl sites for hydroxylation is 1. The first-order valence-corrected chi connectivity index (χ1v) is 4.93. The Bertz CT molecular complexity index is 579. The lowest BCUT2D eigenvalue weighted by molar-refractivity contribution is 0.471. The molecule has 0 atom stereocenters. The second-order valence-corrected chi connectivity index (χ2v) is 3.57. The Balaban J connectivity index is 2.67. The fraction of sp³-hybridized carbons (Fsp3) is 0.0769. The van der Waals surface area contributed by atoms with Crippen molar-refractivity contribution in [2.45, 2.75) is 6.92 Å². The molecule has 16 heavy (non-hydrogen) atoms. The smallest absolute Gasteiger partial charge is 0.220 e. The first-order valence-electron chi connectivity index (χ1n) is 4.93. The lowest BCUT2D eigenvalue weighted by Gasteiger charge is -2.02. The van der Waals surface area contributed by atoms with Gasteiger partial charge in [-0.15, -0.1) is 0 Å². The highest BCUT2D eigenvalue weighted by molar-refractivity contribution is 5.67. The predicted octanol–water partition coefficient (Wildman–Crippen LogP) is 2.12. The van der Waals surface area contributed by atoms with Gasteiger partial charge >= 0.3 is 0 Å². The Morgan fingerprint density at radius 3 is 2.81 bits per heavy atom. The van der Waals surface area contributed by atoms with E-state index < -0.39 is 0 Å². The van der Waals surface area contributed by atoms with Crippen molar-refractivity contribution < 1.29 is 5.11 Å². The van der Waals surface area contributed by atoms with Gasteiger partial charge in [-0.05, 0) is 41.8 Å². The van der Waals surface area contributed by atoms with Crippen molar-refractivity contribution >= 4 is 0 Å². The lowest BCUT2D eigenvalue weighted by Crippen LogP contribution is -1.91. The van der Waals surface area contributed by atoms with Gasteiger partial charge in [-0.1, -0.05) is 12.1 Å². The molecule has 80 valence electrons. The Morgan fingerprint density at radius 2 is 2.06 bits per heavy atom. The SMILES string of the molecule is Cc1cnccc1-c1cccc(=O)c(O)c1. The summed E-state index contributed by atoms with van der Waals surface area (Å²) >= 11 is 0. The Kier molecular flexibility index (Phi) is 2.68. The van der Waals surface area contributed by atoms with Crippen LogP contribution in [-0.2, 0) is 0 Å². The zero-order valence-electron chi connectivity index (χ0n) is 8.84. The highest BCUT2D eigenvalue weighted by Gasteiger charge is 2.02. The van der Waals surface area contributed by atoms with Gasteiger partial charge in [0.25, 0.3) is 0 Å². The summed E-state index contributed by atoms with van der Waals surface area (Å²) in [4.78, 5) is 15.2. The molecule has 0 unspecified atom stereocenters. The fourth-order valence-electron chi connectivity index (χ4n) is 1.56. The van der Waals surface area contributed by atoms with Crippen LogP contribution in [0.3, 0.4) is 0 Å². The van der Waals surface area contributed by atoms with Crippen LogP contribution in [0.4, 0.5) is 0 Å². The van der Waals surface area contributed by atoms with Gasteiger partial charge in [0.15, 0.2) is 5.75 Å². The molecular weight excluding hydrogens is 202 g/mol. The molecule has 0 fully saturated rings. The molecule has 0 saturated carbocycles. The molecule has 0 radical (unpaired) electrons. The molecule has 0 saturated heterocycles. The average molecular weight is 213 g/mol. The van der Waals surface area contributed by atoms with Crippen molar-refractivity contribution in [1.82, 2.24) is 4.98 Å². The second-order valence-electron chi connectivity index (χ2n) is 3.57. The first-order chi connectivity index (χ1) is 7.68. The zero-order valence-corrected chi connectivity index (χ0v) is 8.84. The molecule has 3 nitrogen and oxygen atoms in total. The largest absolute Gasteiger partial charge is 0.504 e. The van der Waals surface area contributed by atoms with Crippen molar-refractivity contribution in [3.63, 3.8) is 0 Å². The molecule has 2 aromatic rings. The van der Waals surface area contributed by atoms with Crippen molar-refractivity contribution in [2.75, 3.05) is 0 Å². The van der Waals surface area contributed by atoms with Gasteiger partial charge in [-0.2, -0.15) is 0 Å². The molecule has 0 aliphatic heterocycles. The van der Waals surface area contributed by atoms with Crippen LogP contribution in [0, 0.1) is 6.92 Å². The maximum atomic E-state index is 11.2. The Labute approximate surface area is 93.0 Å². The van der Waals surface area contributed by atoms with Crippen molar-refractivity contribution in [3.8, 4) is 16.9 Å². The molecule has 1 N–H and O–H groups in total. The number of pyridine rings is 1. The molecule has 0 amide bonds. The number of hydrogen-bond donors (Lipinski definition) is 1. The van der Waals surface area contributed by atoms with Crippen LogP contribution in [-0.4, -0.2) is 10.1 Å². The monoisotopic (exact) mass is 213 g/mol. The predicted molar refractivity (Wildman–Crippen MR) is 62.3 cm³/mol. The quantitative estimate of drug-likeness (QED) is 0.789. The van der Waals surface area contributed by atoms with Crippen LogP contribution >= 0.6 is 0 Å². The van der Waals surface area contributed by atoms with E-state index >= 15 is 0 Å². The third-order valence-electron chi connectivity index (χ3n) is 2.40. The van der Waals surface area contributed by atoms with Crippen molar-refractivity contribution in [2.24, 2.45) is 0 Å². The van der Waals surface area contributed by atoms with Gasteiger partial charge in [0.05, 0.1) is 0 Å². The average Bonchev–Trinajstić information content (AvgIpc) is 2.43. The van der Waals surface area contributed by atoms with E-state index in [2.05, 4.69) is 4.98 Å². The number of aromatic nitrogens is 1. The normalized spacial score (nSPS) is 10.1. The summed E-state index contributed by atoms with van der Waals surface area (Å²) < 4.78 is 0. The van der Waals surface area contributed by atoms with Crippen LogP contribution in [0.15, 0.2) is 47.5 Å². The van der Waals surface area contributed by atoms with E-state index in [1.165, 1.54) is 12.1 Å². The summed E-state index contributed by atoms with van der Waals surface area (Å²) in [6, 6.07) is 8.11. The summed E-state index contributed by atoms with van der Waals surface area (Å²) in [5, 5.41) is 9.48. The fourth-order valence-corrected chi connectivity index (χ4v) is 1.56. The highest BCUT2D eigenvalue weighted by Crippen LogP contribution is 2.22. The zero-order chi connectivity index (χ0) is 11.5. The molecule has 0 spiro atoms. The third kappa shape index (κ3) is 1.93. The van der Waals surface area contributed by atoms with E-state index in [0.29, 0.717) is 0 Å². The number of hydrogen-bond acceptors (Lipinski definition) is 3. The number of nitrogens with zero attached hydrogens (tertiary/aromatic N) is 1. The van der Waals surface area contributed by atoms with E-state index in [1.54, 1.807) is 24.5 Å². The van der Waals surface area contributed by atoms with Crippen LogP contribution in [0.25, 0.3) is 11.1 Å². The van der Waals surface area contributed by atoms with E-state index in [-0.39, 0.29) is 11.2 Å². The van der Waals surface area contributed by atoms with Gasteiger partial charge in [0, 0.05) is 12.4 Å². The van der Waals surface area contributed by atoms with Crippen molar-refractivity contribution in [1.29, 1.82) is 0 Å². The second kappa shape index (κ2) is 4.14. The van der Waals surface area contributed by atoms with Crippen LogP contribution in [0.2, 0.25) is 0 Å². The molecular formula is C13H11NO2. The minimum atomic E-state index is -0.377. The highest BCUT2D eigenvalue weighted by atomic mass is 16.3. The maximum absolute atomic E-state index is 11.2. The third-order valence-corrected chi connectivity index (χ3v) is 2.40. The molecule has 3 heteroatoms. The Morgan fingerprint density at radius 1 is 1.25 bits per heavy atom. The molecule has 2 rings (SSSR count). The van der Waals surface area contributed by atoms with E-state index in [1.807, 2.05) is 13.0 Å². The molecule has 1 aromatic carbocycles. The molecule has 0 aliphatic carbocycles. The molecule has 1 heterocycles. The van der Waals surface area contributed by atoms with E-state index in [9.17, 15) is 9.90 Å². The number of rotatable bonds is 1.